The van der Waals surface area contributed by atoms with Gasteiger partial charge in [-0.15, -0.1) is 24.8 Å². The molecule has 1 aromatic heterocycles. The van der Waals surface area contributed by atoms with Gasteiger partial charge in [0.1, 0.15) is 0 Å². The van der Waals surface area contributed by atoms with E-state index in [1.165, 1.54) is 0 Å². The van der Waals surface area contributed by atoms with Gasteiger partial charge in [0.05, 0.1) is 11.1 Å². The third-order valence-electron chi connectivity index (χ3n) is 4.58. The number of rotatable bonds is 1. The average molecular weight is 375 g/mol. The second-order valence-electron chi connectivity index (χ2n) is 5.92. The number of pyridine rings is 1. The van der Waals surface area contributed by atoms with Gasteiger partial charge in [-0.3, -0.25) is 9.78 Å². The number of hydrogen-bond acceptors (Lipinski definition) is 3. The summed E-state index contributed by atoms with van der Waals surface area (Å²) in [6.07, 6.45) is 1.72. The van der Waals surface area contributed by atoms with Crippen LogP contribution in [0.3, 0.4) is 0 Å². The first-order valence-electron chi connectivity index (χ1n) is 7.26. The molecule has 2 atom stereocenters. The largest absolute Gasteiger partial charge is 0.338 e. The van der Waals surface area contributed by atoms with E-state index >= 15 is 0 Å². The zero-order valence-corrected chi connectivity index (χ0v) is 14.8. The minimum absolute atomic E-state index is 0. The lowest BCUT2D eigenvalue weighted by Gasteiger charge is -2.18. The van der Waals surface area contributed by atoms with Gasteiger partial charge in [-0.25, -0.2) is 0 Å². The summed E-state index contributed by atoms with van der Waals surface area (Å²) in [4.78, 5) is 19.2. The Labute approximate surface area is 152 Å². The first-order valence-corrected chi connectivity index (χ1v) is 7.64. The second kappa shape index (κ2) is 7.22. The van der Waals surface area contributed by atoms with Crippen molar-refractivity contribution >= 4 is 53.2 Å². The number of amides is 1. The Morgan fingerprint density at radius 3 is 2.61 bits per heavy atom. The highest BCUT2D eigenvalue weighted by Gasteiger charge is 2.38. The number of likely N-dealkylation sites (tertiary alicyclic amines) is 1. The molecule has 0 spiro atoms. The lowest BCUT2D eigenvalue weighted by molar-refractivity contribution is 0.0783. The molecule has 0 radical (unpaired) electrons. The summed E-state index contributed by atoms with van der Waals surface area (Å²) in [5.41, 5.74) is 1.35. The number of nitrogens with one attached hydrogen (secondary N) is 1. The van der Waals surface area contributed by atoms with Gasteiger partial charge < -0.3 is 10.2 Å². The smallest absolute Gasteiger partial charge is 0.256 e. The molecule has 2 saturated heterocycles. The van der Waals surface area contributed by atoms with E-state index in [0.717, 1.165) is 37.1 Å². The van der Waals surface area contributed by atoms with Crippen LogP contribution in [0, 0.1) is 11.8 Å². The van der Waals surface area contributed by atoms with Crippen molar-refractivity contribution in [3.05, 3.63) is 41.0 Å². The molecule has 124 valence electrons. The van der Waals surface area contributed by atoms with Crippen molar-refractivity contribution in [2.24, 2.45) is 11.8 Å². The van der Waals surface area contributed by atoms with E-state index in [-0.39, 0.29) is 30.7 Å². The molecule has 1 amide bonds. The molecule has 3 heterocycles. The van der Waals surface area contributed by atoms with Gasteiger partial charge in [0.2, 0.25) is 0 Å². The minimum atomic E-state index is 0. The van der Waals surface area contributed by atoms with Gasteiger partial charge in [-0.05, 0) is 30.0 Å². The number of benzene rings is 1. The Bertz CT molecular complexity index is 713. The van der Waals surface area contributed by atoms with Crippen molar-refractivity contribution in [3.63, 3.8) is 0 Å². The highest BCUT2D eigenvalue weighted by Crippen LogP contribution is 2.29. The SMILES string of the molecule is Cl.Cl.O=C(c1cc(Cl)cc2cccnc12)N1C[C@H]2CNC[C@H]2C1. The summed E-state index contributed by atoms with van der Waals surface area (Å²) in [5.74, 6) is 1.23. The van der Waals surface area contributed by atoms with Gasteiger partial charge in [-0.2, -0.15) is 0 Å². The van der Waals surface area contributed by atoms with Crippen LogP contribution in [0.15, 0.2) is 30.5 Å². The summed E-state index contributed by atoms with van der Waals surface area (Å²) in [7, 11) is 0. The van der Waals surface area contributed by atoms with Crippen LogP contribution in [0.5, 0.6) is 0 Å². The fourth-order valence-corrected chi connectivity index (χ4v) is 3.74. The van der Waals surface area contributed by atoms with Crippen LogP contribution >= 0.6 is 36.4 Å². The van der Waals surface area contributed by atoms with Crippen LogP contribution in [-0.4, -0.2) is 42.0 Å². The third-order valence-corrected chi connectivity index (χ3v) is 4.80. The first-order chi connectivity index (χ1) is 10.2. The monoisotopic (exact) mass is 373 g/mol. The van der Waals surface area contributed by atoms with E-state index in [1.807, 2.05) is 23.1 Å². The predicted octanol–water partition coefficient (Wildman–Crippen LogP) is 3.02. The fourth-order valence-electron chi connectivity index (χ4n) is 3.51. The molecule has 2 aliphatic rings. The normalized spacial score (nSPS) is 22.4. The van der Waals surface area contributed by atoms with Crippen LogP contribution in [0.1, 0.15) is 10.4 Å². The van der Waals surface area contributed by atoms with Gasteiger partial charge in [-0.1, -0.05) is 17.7 Å². The van der Waals surface area contributed by atoms with Gasteiger partial charge in [0.15, 0.2) is 0 Å². The standard InChI is InChI=1S/C16H16ClN3O.2ClH/c17-13-4-10-2-1-3-19-15(10)14(5-13)16(21)20-8-11-6-18-7-12(11)9-20;;/h1-5,11-12,18H,6-9H2;2*1H/t11-,12+;;. The van der Waals surface area contributed by atoms with Gasteiger partial charge in [0.25, 0.3) is 5.91 Å². The molecule has 23 heavy (non-hydrogen) atoms. The number of fused-ring (bicyclic) bond motifs is 2. The number of carbonyl (C=O) groups excluding carboxylic acids is 1. The summed E-state index contributed by atoms with van der Waals surface area (Å²) in [6, 6.07) is 7.39. The zero-order chi connectivity index (χ0) is 14.4. The second-order valence-corrected chi connectivity index (χ2v) is 6.35. The molecule has 4 nitrogen and oxygen atoms in total. The van der Waals surface area contributed by atoms with E-state index < -0.39 is 0 Å². The van der Waals surface area contributed by atoms with Crippen molar-refractivity contribution in [2.75, 3.05) is 26.2 Å². The van der Waals surface area contributed by atoms with Crippen LogP contribution < -0.4 is 5.32 Å². The van der Waals surface area contributed by atoms with Crippen molar-refractivity contribution < 1.29 is 4.79 Å². The topological polar surface area (TPSA) is 45.2 Å². The predicted molar refractivity (Wildman–Crippen MR) is 97.0 cm³/mol. The maximum absolute atomic E-state index is 12.9. The summed E-state index contributed by atoms with van der Waals surface area (Å²) < 4.78 is 0. The fraction of sp³-hybridized carbons (Fsp3) is 0.375. The highest BCUT2D eigenvalue weighted by atomic mass is 35.5. The zero-order valence-electron chi connectivity index (χ0n) is 12.4. The van der Waals surface area contributed by atoms with E-state index in [0.29, 0.717) is 22.4 Å². The van der Waals surface area contributed by atoms with Crippen LogP contribution in [0.2, 0.25) is 5.02 Å². The maximum Gasteiger partial charge on any atom is 0.256 e. The molecule has 4 rings (SSSR count). The Balaban J connectivity index is 0.000000960. The number of halogens is 3. The van der Waals surface area contributed by atoms with Crippen molar-refractivity contribution in [1.29, 1.82) is 0 Å². The highest BCUT2D eigenvalue weighted by molar-refractivity contribution is 6.32. The number of aromatic nitrogens is 1. The molecule has 0 aliphatic carbocycles. The molecule has 0 saturated carbocycles. The van der Waals surface area contributed by atoms with Crippen LogP contribution in [0.25, 0.3) is 10.9 Å². The lowest BCUT2D eigenvalue weighted by Crippen LogP contribution is -2.32. The van der Waals surface area contributed by atoms with Crippen LogP contribution in [-0.2, 0) is 0 Å². The molecule has 1 aromatic carbocycles. The Hall–Kier alpha value is -1.07. The van der Waals surface area contributed by atoms with E-state index in [1.54, 1.807) is 12.3 Å². The Kier molecular flexibility index (Phi) is 5.74. The molecule has 0 bridgehead atoms. The maximum atomic E-state index is 12.9. The number of hydrogen-bond donors (Lipinski definition) is 1. The molecular formula is C16H18Cl3N3O. The first kappa shape index (κ1) is 18.3. The van der Waals surface area contributed by atoms with Gasteiger partial charge >= 0.3 is 0 Å². The Morgan fingerprint density at radius 2 is 1.91 bits per heavy atom. The van der Waals surface area contributed by atoms with E-state index in [2.05, 4.69) is 10.3 Å². The van der Waals surface area contributed by atoms with Crippen molar-refractivity contribution in [2.45, 2.75) is 0 Å². The number of carbonyl (C=O) groups is 1. The summed E-state index contributed by atoms with van der Waals surface area (Å²) >= 11 is 6.16. The molecule has 0 unspecified atom stereocenters. The lowest BCUT2D eigenvalue weighted by atomic mass is 10.0. The minimum Gasteiger partial charge on any atom is -0.338 e. The molecule has 2 fully saturated rings. The molecule has 1 N–H and O–H groups in total. The molecule has 2 aromatic rings. The average Bonchev–Trinajstić information content (AvgIpc) is 3.06. The van der Waals surface area contributed by atoms with Gasteiger partial charge in [0, 0.05) is 42.8 Å². The third kappa shape index (κ3) is 3.26. The quantitative estimate of drug-likeness (QED) is 0.834. The van der Waals surface area contributed by atoms with E-state index in [9.17, 15) is 4.79 Å². The van der Waals surface area contributed by atoms with Crippen molar-refractivity contribution in [3.8, 4) is 0 Å². The summed E-state index contributed by atoms with van der Waals surface area (Å²) in [6.45, 7) is 3.70. The van der Waals surface area contributed by atoms with E-state index in [4.69, 9.17) is 11.6 Å². The molecule has 7 heteroatoms. The summed E-state index contributed by atoms with van der Waals surface area (Å²) in [5, 5.41) is 4.89. The number of nitrogens with zero attached hydrogens (tertiary/aromatic N) is 2. The molecule has 2 aliphatic heterocycles. The van der Waals surface area contributed by atoms with Crippen LogP contribution in [0.4, 0.5) is 0 Å². The Morgan fingerprint density at radius 1 is 1.22 bits per heavy atom. The molecular weight excluding hydrogens is 357 g/mol. The van der Waals surface area contributed by atoms with Crippen molar-refractivity contribution in [1.82, 2.24) is 15.2 Å².